The van der Waals surface area contributed by atoms with Gasteiger partial charge in [0.1, 0.15) is 23.8 Å². The lowest BCUT2D eigenvalue weighted by Crippen LogP contribution is -2.48. The Kier molecular flexibility index (Phi) is 23.1. The van der Waals surface area contributed by atoms with Crippen molar-refractivity contribution in [1.82, 2.24) is 0 Å². The minimum Gasteiger partial charge on any atom is -0.508 e. The Labute approximate surface area is 684 Å². The highest BCUT2D eigenvalue weighted by molar-refractivity contribution is 5.99. The minimum atomic E-state index is -1.24. The first-order valence-corrected chi connectivity index (χ1v) is 42.9. The fourth-order valence-electron chi connectivity index (χ4n) is 22.7. The summed E-state index contributed by atoms with van der Waals surface area (Å²) in [6, 6.07) is 58.5. The number of halogens is 1. The van der Waals surface area contributed by atoms with Gasteiger partial charge in [-0.1, -0.05) is 207 Å². The third-order valence-corrected chi connectivity index (χ3v) is 29.2. The van der Waals surface area contributed by atoms with E-state index in [9.17, 15) is 38.9 Å². The van der Waals surface area contributed by atoms with Gasteiger partial charge in [-0.25, -0.2) is 4.39 Å². The monoisotopic (exact) mass is 1540 g/mol. The average molecular weight is 1540 g/mol. The lowest BCUT2D eigenvalue weighted by Gasteiger charge is -2.57. The minimum absolute atomic E-state index is 0.00664. The van der Waals surface area contributed by atoms with Crippen molar-refractivity contribution in [2.75, 3.05) is 0 Å². The van der Waals surface area contributed by atoms with E-state index in [-0.39, 0.29) is 56.6 Å². The number of aryl methyl sites for hydroxylation is 2. The molecule has 0 radical (unpaired) electrons. The van der Waals surface area contributed by atoms with Crippen LogP contribution in [0.3, 0.4) is 0 Å². The van der Waals surface area contributed by atoms with E-state index in [1.165, 1.54) is 145 Å². The van der Waals surface area contributed by atoms with E-state index in [1.54, 1.807) is 45.4 Å². The number of rotatable bonds is 15. The average Bonchev–Trinajstić information content (AvgIpc) is 0.745. The third-order valence-electron chi connectivity index (χ3n) is 29.2. The number of carbonyl (C=O) groups is 4. The number of aliphatic hydroxyl groups is 2. The fraction of sp³-hybridized carbons (Fsp3) is 0.439. The summed E-state index contributed by atoms with van der Waals surface area (Å²) in [5, 5.41) is 34.9. The second-order valence-electron chi connectivity index (χ2n) is 39.6. The normalized spacial score (nSPS) is 24.6. The number of phenolic OH excluding ortho intramolecular Hbond substituents is 1. The Morgan fingerprint density at radius 2 is 0.826 bits per heavy atom. The van der Waals surface area contributed by atoms with Gasteiger partial charge in [-0.15, -0.1) is 0 Å². The van der Waals surface area contributed by atoms with Crippen molar-refractivity contribution >= 4 is 51.1 Å². The number of aromatic hydroxyl groups is 1. The van der Waals surface area contributed by atoms with E-state index in [0.29, 0.717) is 27.9 Å². The van der Waals surface area contributed by atoms with Crippen molar-refractivity contribution in [2.24, 2.45) is 35.5 Å². The van der Waals surface area contributed by atoms with Crippen molar-refractivity contribution in [1.29, 1.82) is 0 Å². The number of aliphatic hydroxyl groups excluding tert-OH is 2. The van der Waals surface area contributed by atoms with Crippen molar-refractivity contribution in [2.45, 2.75) is 265 Å². The zero-order valence-electron chi connectivity index (χ0n) is 71.3. The highest BCUT2D eigenvalue weighted by Gasteiger charge is 2.54. The van der Waals surface area contributed by atoms with Crippen LogP contribution in [0.4, 0.5) is 4.39 Å². The number of ketones is 4. The number of carbonyl (C=O) groups excluding carboxylic acids is 4. The molecule has 2 unspecified atom stereocenters. The molecule has 2 atom stereocenters. The summed E-state index contributed by atoms with van der Waals surface area (Å²) in [5.74, 6) is 5.47. The van der Waals surface area contributed by atoms with Crippen molar-refractivity contribution in [3.8, 4) is 16.9 Å². The van der Waals surface area contributed by atoms with Crippen molar-refractivity contribution in [3.05, 3.63) is 282 Å². The third kappa shape index (κ3) is 17.3. The number of hydrogen-bond acceptors (Lipinski definition) is 7. The molecular formula is C107H123FO7. The Balaban J connectivity index is 0.000000127. The number of hydrogen-bond donors (Lipinski definition) is 3. The van der Waals surface area contributed by atoms with E-state index >= 15 is 0 Å². The van der Waals surface area contributed by atoms with Crippen LogP contribution in [0.1, 0.15) is 321 Å². The van der Waals surface area contributed by atoms with E-state index < -0.39 is 18.0 Å². The lowest BCUT2D eigenvalue weighted by molar-refractivity contribution is -0.126. The summed E-state index contributed by atoms with van der Waals surface area (Å²) < 4.78 is 14.1. The molecule has 8 bridgehead atoms. The van der Waals surface area contributed by atoms with Gasteiger partial charge in [0.15, 0.2) is 23.1 Å². The largest absolute Gasteiger partial charge is 0.508 e. The van der Waals surface area contributed by atoms with Gasteiger partial charge in [0.05, 0.1) is 0 Å². The summed E-state index contributed by atoms with van der Waals surface area (Å²) in [6.45, 7) is 33.3. The van der Waals surface area contributed by atoms with Gasteiger partial charge in [0, 0.05) is 28.7 Å². The molecule has 115 heavy (non-hydrogen) atoms. The van der Waals surface area contributed by atoms with Crippen molar-refractivity contribution < 1.29 is 38.9 Å². The molecule has 9 aromatic carbocycles. The second kappa shape index (κ2) is 32.2. The van der Waals surface area contributed by atoms with Crippen LogP contribution in [0.2, 0.25) is 0 Å². The molecule has 9 aromatic rings. The van der Waals surface area contributed by atoms with E-state index in [4.69, 9.17) is 0 Å². The molecule has 0 saturated heterocycles. The van der Waals surface area contributed by atoms with Gasteiger partial charge in [-0.3, -0.25) is 19.2 Å². The van der Waals surface area contributed by atoms with Crippen LogP contribution in [-0.2, 0) is 43.7 Å². The van der Waals surface area contributed by atoms with Crippen LogP contribution >= 0.6 is 0 Å². The zero-order chi connectivity index (χ0) is 82.2. The first kappa shape index (κ1) is 82.6. The maximum Gasteiger partial charge on any atom is 0.170 e. The standard InChI is InChI=1S/C28H28O2.C28H32O.C27H34O2.C24H29FO2/c1-17(29)21-2-3-23-12-24(5-4-22(23)11-21)25-6-7-27(30)26(13-25)28-14-18-8-19(15-28)10-20(9-18)16-28;1-18-4-7-26(19(2)10-21-5-8-25(9-6-21)20(3)29)14-27(18)28-15-22-11-23(16-28)13-24(12-22)17-28;1-17(20-8-10-21(11-9-20)19(3)28)18(2)25(29)22-12-13-23-24(16-22)27(6,7)15-14-26(23,4)5;1-15-6-7-16(20(25)12-15)14-21(26)22(27)17-8-9-18-19(13-17)24(4,5)11-10-23(18,2)3/h2-7,11-13,18-20,30H,8-10,14-16H2,1H3;4-10,14,22-24H,11-13,15-17H2,1-3H3;8-13,16,25,29H,14-15H2,1-7H3;6-9,12-13,22,27H,10-11,14H2,1-5H3/b;19-10+;18-17+;. The summed E-state index contributed by atoms with van der Waals surface area (Å²) in [6.07, 6.45) is 21.5. The molecule has 0 aromatic heterocycles. The summed E-state index contributed by atoms with van der Waals surface area (Å²) in [7, 11) is 0. The van der Waals surface area contributed by atoms with Crippen LogP contribution in [0.5, 0.6) is 5.75 Å². The molecule has 600 valence electrons. The Morgan fingerprint density at radius 1 is 0.409 bits per heavy atom. The fourth-order valence-corrected chi connectivity index (χ4v) is 22.7. The SMILES string of the molecule is CC(=O)c1ccc(/C(C)=C(\C)C(O)c2ccc3c(c2)C(C)(C)CCC3(C)C)cc1.CC(=O)c1ccc(/C=C(\C)c2ccc(C)c(C34CC5CC(CC(C5)C3)C4)c2)cc1.CC(=O)c1ccc2cc(-c3ccc(O)c(C45CC6CC(CC(C6)C4)C5)c3)ccc2c1.Cc1ccc(CC(=O)C(O)c2ccc3c(c2)C(C)(C)CCC3(C)C)c(F)c1. The number of fused-ring (bicyclic) bond motifs is 3. The molecule has 3 N–H and O–H groups in total. The van der Waals surface area contributed by atoms with Crippen LogP contribution in [0.25, 0.3) is 39.1 Å². The predicted octanol–water partition coefficient (Wildman–Crippen LogP) is 26.2. The molecule has 10 aliphatic carbocycles. The number of allylic oxidation sites excluding steroid dienone is 2. The maximum atomic E-state index is 14.1. The van der Waals surface area contributed by atoms with Gasteiger partial charge < -0.3 is 15.3 Å². The predicted molar refractivity (Wildman–Crippen MR) is 470 cm³/mol. The molecule has 0 amide bonds. The number of phenols is 1. The molecule has 8 heteroatoms. The van der Waals surface area contributed by atoms with Gasteiger partial charge in [0.25, 0.3) is 0 Å². The molecule has 0 heterocycles. The molecule has 8 fully saturated rings. The van der Waals surface area contributed by atoms with Crippen LogP contribution < -0.4 is 0 Å². The van der Waals surface area contributed by atoms with Crippen LogP contribution in [0.15, 0.2) is 181 Å². The first-order valence-electron chi connectivity index (χ1n) is 42.9. The Hall–Kier alpha value is -8.95. The number of Topliss-reactive ketones (excluding diaryl/α,β-unsaturated/α-hetero) is 4. The topological polar surface area (TPSA) is 129 Å². The van der Waals surface area contributed by atoms with E-state index in [1.807, 2.05) is 92.7 Å². The molecular weight excluding hydrogens is 1420 g/mol. The molecule has 0 spiro atoms. The maximum absolute atomic E-state index is 14.1. The molecule has 19 rings (SSSR count). The molecule has 10 aliphatic rings. The second-order valence-corrected chi connectivity index (χ2v) is 39.6. The van der Waals surface area contributed by atoms with Crippen LogP contribution in [0, 0.1) is 55.2 Å². The van der Waals surface area contributed by atoms with Crippen molar-refractivity contribution in [3.63, 3.8) is 0 Å². The lowest BCUT2D eigenvalue weighted by atomic mass is 9.47. The summed E-state index contributed by atoms with van der Waals surface area (Å²) >= 11 is 0. The molecule has 8 saturated carbocycles. The zero-order valence-corrected chi connectivity index (χ0v) is 71.3. The highest BCUT2D eigenvalue weighted by Crippen LogP contribution is 2.64. The quantitative estimate of drug-likeness (QED) is 0.0689. The number of benzene rings is 9. The highest BCUT2D eigenvalue weighted by atomic mass is 19.1. The van der Waals surface area contributed by atoms with Gasteiger partial charge >= 0.3 is 0 Å². The summed E-state index contributed by atoms with van der Waals surface area (Å²) in [4.78, 5) is 47.3. The molecule has 7 nitrogen and oxygen atoms in total. The first-order chi connectivity index (χ1) is 54.4. The Morgan fingerprint density at radius 3 is 1.32 bits per heavy atom. The van der Waals surface area contributed by atoms with Crippen LogP contribution in [-0.4, -0.2) is 38.5 Å². The summed E-state index contributed by atoms with van der Waals surface area (Å²) in [5.41, 5.74) is 24.6. The smallest absolute Gasteiger partial charge is 0.170 e. The van der Waals surface area contributed by atoms with E-state index in [0.717, 1.165) is 110 Å². The van der Waals surface area contributed by atoms with Gasteiger partial charge in [-0.05, 0) is 367 Å². The van der Waals surface area contributed by atoms with Gasteiger partial charge in [0.2, 0.25) is 0 Å². The Bertz CT molecular complexity index is 5230. The van der Waals surface area contributed by atoms with Gasteiger partial charge in [-0.2, -0.15) is 0 Å². The molecule has 0 aliphatic heterocycles. The van der Waals surface area contributed by atoms with E-state index in [2.05, 4.69) is 154 Å².